The van der Waals surface area contributed by atoms with E-state index >= 15 is 0 Å². The molecule has 56 valence electrons. The van der Waals surface area contributed by atoms with Crippen LogP contribution in [0.5, 0.6) is 0 Å². The van der Waals surface area contributed by atoms with Crippen LogP contribution in [0.1, 0.15) is 20.3 Å². The van der Waals surface area contributed by atoms with E-state index in [1.54, 1.807) is 19.1 Å². The topological polar surface area (TPSA) is 20.2 Å². The lowest BCUT2D eigenvalue weighted by Crippen LogP contribution is -1.72. The second kappa shape index (κ2) is 4.86. The Morgan fingerprint density at radius 3 is 2.40 bits per heavy atom. The lowest BCUT2D eigenvalue weighted by atomic mass is 10.2. The van der Waals surface area contributed by atoms with Gasteiger partial charge in [0.1, 0.15) is 0 Å². The lowest BCUT2D eigenvalue weighted by molar-refractivity contribution is 0.414. The zero-order chi connectivity index (χ0) is 7.98. The highest BCUT2D eigenvalue weighted by atomic mass is 16.3. The fraction of sp³-hybridized carbons (Fsp3) is 0.333. The van der Waals surface area contributed by atoms with Crippen LogP contribution in [0.2, 0.25) is 0 Å². The van der Waals surface area contributed by atoms with Gasteiger partial charge in [0.2, 0.25) is 0 Å². The summed E-state index contributed by atoms with van der Waals surface area (Å²) in [7, 11) is 0. The number of rotatable bonds is 3. The van der Waals surface area contributed by atoms with Gasteiger partial charge in [-0.1, -0.05) is 25.7 Å². The van der Waals surface area contributed by atoms with Crippen LogP contribution < -0.4 is 0 Å². The van der Waals surface area contributed by atoms with Crippen molar-refractivity contribution >= 4 is 0 Å². The molecule has 10 heavy (non-hydrogen) atoms. The molecule has 1 nitrogen and oxygen atoms in total. The molecule has 0 aromatic heterocycles. The maximum absolute atomic E-state index is 8.77. The molecule has 0 fully saturated rings. The summed E-state index contributed by atoms with van der Waals surface area (Å²) in [5.74, 6) is 0.327. The highest BCUT2D eigenvalue weighted by molar-refractivity contribution is 5.22. The zero-order valence-electron chi connectivity index (χ0n) is 6.59. The third kappa shape index (κ3) is 3.96. The third-order valence-electron chi connectivity index (χ3n) is 1.21. The molecular weight excluding hydrogens is 124 g/mol. The maximum atomic E-state index is 8.77. The summed E-state index contributed by atoms with van der Waals surface area (Å²) in [6, 6.07) is 0. The molecule has 0 aliphatic heterocycles. The van der Waals surface area contributed by atoms with Gasteiger partial charge in [-0.3, -0.25) is 0 Å². The van der Waals surface area contributed by atoms with Crippen molar-refractivity contribution in [1.29, 1.82) is 0 Å². The van der Waals surface area contributed by atoms with Crippen molar-refractivity contribution in [3.05, 3.63) is 36.1 Å². The van der Waals surface area contributed by atoms with Gasteiger partial charge < -0.3 is 5.11 Å². The molecule has 0 spiro atoms. The summed E-state index contributed by atoms with van der Waals surface area (Å²) in [4.78, 5) is 0. The fourth-order valence-corrected chi connectivity index (χ4v) is 0.558. The van der Waals surface area contributed by atoms with Crippen molar-refractivity contribution < 1.29 is 5.11 Å². The van der Waals surface area contributed by atoms with Crippen LogP contribution in [0.4, 0.5) is 0 Å². The number of hydrogen-bond donors (Lipinski definition) is 1. The maximum Gasteiger partial charge on any atom is 0.0891 e. The predicted octanol–water partition coefficient (Wildman–Crippen LogP) is 2.97. The van der Waals surface area contributed by atoms with Crippen molar-refractivity contribution in [3.63, 3.8) is 0 Å². The molecule has 0 saturated carbocycles. The highest BCUT2D eigenvalue weighted by Gasteiger charge is 1.82. The van der Waals surface area contributed by atoms with E-state index in [-0.39, 0.29) is 0 Å². The second-order valence-electron chi connectivity index (χ2n) is 2.11. The SMILES string of the molecule is C=C/C(=C\C=C(/C)O)CC. The molecule has 0 aromatic rings. The first-order chi connectivity index (χ1) is 4.70. The van der Waals surface area contributed by atoms with Crippen molar-refractivity contribution in [2.24, 2.45) is 0 Å². The Kier molecular flexibility index (Phi) is 4.38. The molecule has 0 aliphatic carbocycles. The summed E-state index contributed by atoms with van der Waals surface area (Å²) >= 11 is 0. The largest absolute Gasteiger partial charge is 0.513 e. The molecule has 0 rings (SSSR count). The Morgan fingerprint density at radius 1 is 1.50 bits per heavy atom. The summed E-state index contributed by atoms with van der Waals surface area (Å²) in [5.41, 5.74) is 1.13. The van der Waals surface area contributed by atoms with E-state index in [9.17, 15) is 0 Å². The monoisotopic (exact) mass is 138 g/mol. The van der Waals surface area contributed by atoms with Crippen molar-refractivity contribution in [2.45, 2.75) is 20.3 Å². The number of hydrogen-bond acceptors (Lipinski definition) is 1. The first-order valence-electron chi connectivity index (χ1n) is 3.39. The van der Waals surface area contributed by atoms with Crippen LogP contribution in [0.3, 0.4) is 0 Å². The summed E-state index contributed by atoms with van der Waals surface area (Å²) in [6.45, 7) is 7.33. The Bertz CT molecular complexity index is 160. The number of aliphatic hydroxyl groups is 1. The molecule has 0 saturated heterocycles. The van der Waals surface area contributed by atoms with Gasteiger partial charge in [-0.05, 0) is 25.0 Å². The van der Waals surface area contributed by atoms with E-state index in [1.165, 1.54) is 0 Å². The Labute approximate surface area is 62.4 Å². The Morgan fingerprint density at radius 2 is 2.10 bits per heavy atom. The predicted molar refractivity (Wildman–Crippen MR) is 45.0 cm³/mol. The van der Waals surface area contributed by atoms with E-state index in [0.29, 0.717) is 5.76 Å². The minimum absolute atomic E-state index is 0.327. The van der Waals surface area contributed by atoms with Crippen molar-refractivity contribution in [1.82, 2.24) is 0 Å². The van der Waals surface area contributed by atoms with Gasteiger partial charge in [0.05, 0.1) is 5.76 Å². The van der Waals surface area contributed by atoms with Crippen molar-refractivity contribution in [2.75, 3.05) is 0 Å². The van der Waals surface area contributed by atoms with Gasteiger partial charge in [-0.25, -0.2) is 0 Å². The molecule has 0 bridgehead atoms. The zero-order valence-corrected chi connectivity index (χ0v) is 6.59. The molecule has 0 atom stereocenters. The van der Waals surface area contributed by atoms with Gasteiger partial charge in [0.15, 0.2) is 0 Å². The van der Waals surface area contributed by atoms with Crippen LogP contribution in [-0.4, -0.2) is 5.11 Å². The van der Waals surface area contributed by atoms with Gasteiger partial charge in [0, 0.05) is 0 Å². The standard InChI is InChI=1S/C9H14O/c1-4-9(5-2)7-6-8(3)10/h4,6-7,10H,1,5H2,2-3H3/b8-6+,9-7+. The van der Waals surface area contributed by atoms with Gasteiger partial charge in [-0.15, -0.1) is 0 Å². The minimum Gasteiger partial charge on any atom is -0.513 e. The Hall–Kier alpha value is -0.980. The molecule has 0 aliphatic rings. The molecule has 0 amide bonds. The number of allylic oxidation sites excluding steroid dienone is 5. The molecule has 0 aromatic carbocycles. The van der Waals surface area contributed by atoms with Gasteiger partial charge >= 0.3 is 0 Å². The molecule has 1 N–H and O–H groups in total. The van der Waals surface area contributed by atoms with E-state index < -0.39 is 0 Å². The molecule has 0 heterocycles. The number of aliphatic hydroxyl groups excluding tert-OH is 1. The smallest absolute Gasteiger partial charge is 0.0891 e. The first-order valence-corrected chi connectivity index (χ1v) is 3.39. The fourth-order valence-electron chi connectivity index (χ4n) is 0.558. The van der Waals surface area contributed by atoms with Crippen LogP contribution >= 0.6 is 0 Å². The average molecular weight is 138 g/mol. The molecule has 1 heteroatoms. The second-order valence-corrected chi connectivity index (χ2v) is 2.11. The normalized spacial score (nSPS) is 13.4. The van der Waals surface area contributed by atoms with Crippen LogP contribution in [-0.2, 0) is 0 Å². The van der Waals surface area contributed by atoms with E-state index in [1.807, 2.05) is 13.0 Å². The quantitative estimate of drug-likeness (QED) is 0.469. The van der Waals surface area contributed by atoms with Crippen LogP contribution in [0, 0.1) is 0 Å². The summed E-state index contributed by atoms with van der Waals surface area (Å²) in [5, 5.41) is 8.77. The third-order valence-corrected chi connectivity index (χ3v) is 1.21. The first kappa shape index (κ1) is 9.02. The van der Waals surface area contributed by atoms with Crippen LogP contribution in [0.15, 0.2) is 36.1 Å². The van der Waals surface area contributed by atoms with E-state index in [4.69, 9.17) is 5.11 Å². The lowest BCUT2D eigenvalue weighted by Gasteiger charge is -1.91. The highest BCUT2D eigenvalue weighted by Crippen LogP contribution is 2.01. The summed E-state index contributed by atoms with van der Waals surface area (Å²) < 4.78 is 0. The van der Waals surface area contributed by atoms with Crippen molar-refractivity contribution in [3.8, 4) is 0 Å². The van der Waals surface area contributed by atoms with Crippen LogP contribution in [0.25, 0.3) is 0 Å². The molecular formula is C9H14O. The average Bonchev–Trinajstić information content (AvgIpc) is 1.90. The molecule has 0 unspecified atom stereocenters. The van der Waals surface area contributed by atoms with E-state index in [0.717, 1.165) is 12.0 Å². The summed E-state index contributed by atoms with van der Waals surface area (Å²) in [6.07, 6.45) is 6.27. The minimum atomic E-state index is 0.327. The van der Waals surface area contributed by atoms with Gasteiger partial charge in [0.25, 0.3) is 0 Å². The molecule has 0 radical (unpaired) electrons. The van der Waals surface area contributed by atoms with E-state index in [2.05, 4.69) is 6.58 Å². The Balaban J connectivity index is 4.12. The van der Waals surface area contributed by atoms with Gasteiger partial charge in [-0.2, -0.15) is 0 Å².